The molecule has 0 spiro atoms. The number of carbonyl (C=O) groups excluding carboxylic acids is 1. The summed E-state index contributed by atoms with van der Waals surface area (Å²) in [5, 5.41) is 0. The highest BCUT2D eigenvalue weighted by atomic mass is 16.3. The van der Waals surface area contributed by atoms with E-state index in [2.05, 4.69) is 18.8 Å². The van der Waals surface area contributed by atoms with E-state index < -0.39 is 0 Å². The molecule has 108 valence electrons. The molecule has 2 rings (SSSR count). The van der Waals surface area contributed by atoms with Gasteiger partial charge in [0.15, 0.2) is 11.5 Å². The van der Waals surface area contributed by atoms with Crippen LogP contribution in [0.1, 0.15) is 38.1 Å². The molecule has 0 unspecified atom stereocenters. The van der Waals surface area contributed by atoms with Crippen molar-refractivity contribution < 1.29 is 9.21 Å². The second kappa shape index (κ2) is 6.55. The maximum atomic E-state index is 12.3. The zero-order valence-corrected chi connectivity index (χ0v) is 12.5. The zero-order chi connectivity index (χ0) is 14.5. The van der Waals surface area contributed by atoms with E-state index in [1.54, 1.807) is 0 Å². The molecular formula is C16H22N2O2. The van der Waals surface area contributed by atoms with Crippen molar-refractivity contribution in [3.05, 3.63) is 29.7 Å². The van der Waals surface area contributed by atoms with E-state index in [1.165, 1.54) is 0 Å². The first-order chi connectivity index (χ1) is 9.63. The fourth-order valence-electron chi connectivity index (χ4n) is 2.38. The molecule has 0 N–H and O–H groups in total. The van der Waals surface area contributed by atoms with Gasteiger partial charge in [-0.2, -0.15) is 0 Å². The maximum Gasteiger partial charge on any atom is 0.226 e. The van der Waals surface area contributed by atoms with Gasteiger partial charge in [-0.1, -0.05) is 19.9 Å². The molecule has 0 aliphatic heterocycles. The Kier molecular flexibility index (Phi) is 4.77. The summed E-state index contributed by atoms with van der Waals surface area (Å²) in [4.78, 5) is 18.5. The number of carbonyl (C=O) groups is 1. The van der Waals surface area contributed by atoms with Crippen molar-refractivity contribution in [2.24, 2.45) is 0 Å². The van der Waals surface area contributed by atoms with E-state index in [0.29, 0.717) is 12.3 Å². The van der Waals surface area contributed by atoms with Crippen LogP contribution < -0.4 is 0 Å². The number of oxazole rings is 1. The van der Waals surface area contributed by atoms with Gasteiger partial charge in [-0.05, 0) is 30.5 Å². The van der Waals surface area contributed by atoms with Crippen LogP contribution in [0.15, 0.2) is 22.6 Å². The molecule has 1 amide bonds. The minimum atomic E-state index is 0.185. The van der Waals surface area contributed by atoms with Crippen LogP contribution in [0.5, 0.6) is 0 Å². The second-order valence-corrected chi connectivity index (χ2v) is 5.09. The number of nitrogens with zero attached hydrogens (tertiary/aromatic N) is 2. The summed E-state index contributed by atoms with van der Waals surface area (Å²) < 4.78 is 5.51. The summed E-state index contributed by atoms with van der Waals surface area (Å²) in [6.45, 7) is 7.68. The summed E-state index contributed by atoms with van der Waals surface area (Å²) in [7, 11) is 0. The van der Waals surface area contributed by atoms with Crippen LogP contribution in [-0.2, 0) is 11.2 Å². The predicted octanol–water partition coefficient (Wildman–Crippen LogP) is 3.33. The molecule has 2 aromatic rings. The van der Waals surface area contributed by atoms with Gasteiger partial charge in [0.25, 0.3) is 0 Å². The van der Waals surface area contributed by atoms with Gasteiger partial charge < -0.3 is 9.32 Å². The van der Waals surface area contributed by atoms with Gasteiger partial charge in [-0.15, -0.1) is 0 Å². The van der Waals surface area contributed by atoms with Crippen molar-refractivity contribution in [3.8, 4) is 0 Å². The fourth-order valence-corrected chi connectivity index (χ4v) is 2.38. The highest BCUT2D eigenvalue weighted by molar-refractivity contribution is 5.81. The third kappa shape index (κ3) is 3.38. The maximum absolute atomic E-state index is 12.3. The number of aromatic nitrogens is 1. The number of amides is 1. The molecule has 0 bridgehead atoms. The molecule has 0 aliphatic carbocycles. The molecule has 0 radical (unpaired) electrons. The normalized spacial score (nSPS) is 10.9. The predicted molar refractivity (Wildman–Crippen MR) is 79.6 cm³/mol. The SMILES string of the molecule is CCCN(CCC)C(=O)Cc1ccc2nc(C)oc2c1. The Morgan fingerprint density at radius 1 is 1.25 bits per heavy atom. The van der Waals surface area contributed by atoms with Gasteiger partial charge in [0.1, 0.15) is 5.52 Å². The van der Waals surface area contributed by atoms with Crippen LogP contribution in [0.2, 0.25) is 0 Å². The van der Waals surface area contributed by atoms with Crippen molar-refractivity contribution >= 4 is 17.0 Å². The third-order valence-electron chi connectivity index (χ3n) is 3.25. The molecule has 0 saturated heterocycles. The number of hydrogen-bond donors (Lipinski definition) is 0. The number of rotatable bonds is 6. The van der Waals surface area contributed by atoms with Crippen LogP contribution in [0.4, 0.5) is 0 Å². The molecule has 0 fully saturated rings. The lowest BCUT2D eigenvalue weighted by atomic mass is 10.1. The van der Waals surface area contributed by atoms with Crippen molar-refractivity contribution in [3.63, 3.8) is 0 Å². The van der Waals surface area contributed by atoms with Crippen LogP contribution in [0.25, 0.3) is 11.1 Å². The zero-order valence-electron chi connectivity index (χ0n) is 12.5. The van der Waals surface area contributed by atoms with Gasteiger partial charge in [-0.25, -0.2) is 4.98 Å². The smallest absolute Gasteiger partial charge is 0.226 e. The molecule has 1 aromatic carbocycles. The van der Waals surface area contributed by atoms with Crippen molar-refractivity contribution in [1.82, 2.24) is 9.88 Å². The van der Waals surface area contributed by atoms with E-state index in [0.717, 1.165) is 42.6 Å². The van der Waals surface area contributed by atoms with Gasteiger partial charge in [0.05, 0.1) is 6.42 Å². The summed E-state index contributed by atoms with van der Waals surface area (Å²) in [6.07, 6.45) is 2.41. The molecular weight excluding hydrogens is 252 g/mol. The number of aryl methyl sites for hydroxylation is 1. The highest BCUT2D eigenvalue weighted by Crippen LogP contribution is 2.17. The Hall–Kier alpha value is -1.84. The molecule has 4 nitrogen and oxygen atoms in total. The van der Waals surface area contributed by atoms with Gasteiger partial charge >= 0.3 is 0 Å². The minimum absolute atomic E-state index is 0.185. The third-order valence-corrected chi connectivity index (χ3v) is 3.25. The first kappa shape index (κ1) is 14.6. The first-order valence-electron chi connectivity index (χ1n) is 7.28. The van der Waals surface area contributed by atoms with Crippen LogP contribution >= 0.6 is 0 Å². The number of fused-ring (bicyclic) bond motifs is 1. The summed E-state index contributed by atoms with van der Waals surface area (Å²) in [5.74, 6) is 0.839. The molecule has 0 atom stereocenters. The Morgan fingerprint density at radius 2 is 1.95 bits per heavy atom. The fraction of sp³-hybridized carbons (Fsp3) is 0.500. The van der Waals surface area contributed by atoms with Gasteiger partial charge in [0, 0.05) is 20.0 Å². The van der Waals surface area contributed by atoms with E-state index in [9.17, 15) is 4.79 Å². The van der Waals surface area contributed by atoms with E-state index in [4.69, 9.17) is 4.42 Å². The first-order valence-corrected chi connectivity index (χ1v) is 7.28. The molecule has 4 heteroatoms. The Morgan fingerprint density at radius 3 is 2.60 bits per heavy atom. The monoisotopic (exact) mass is 274 g/mol. The lowest BCUT2D eigenvalue weighted by molar-refractivity contribution is -0.130. The molecule has 1 heterocycles. The Bertz CT molecular complexity index is 583. The lowest BCUT2D eigenvalue weighted by Crippen LogP contribution is -2.33. The number of benzene rings is 1. The van der Waals surface area contributed by atoms with Crippen molar-refractivity contribution in [2.45, 2.75) is 40.0 Å². The molecule has 0 saturated carbocycles. The minimum Gasteiger partial charge on any atom is -0.441 e. The molecule has 0 aliphatic rings. The highest BCUT2D eigenvalue weighted by Gasteiger charge is 2.13. The average molecular weight is 274 g/mol. The van der Waals surface area contributed by atoms with E-state index >= 15 is 0 Å². The van der Waals surface area contributed by atoms with Gasteiger partial charge in [-0.3, -0.25) is 4.79 Å². The largest absolute Gasteiger partial charge is 0.441 e. The average Bonchev–Trinajstić information content (AvgIpc) is 2.77. The Balaban J connectivity index is 2.11. The molecule has 20 heavy (non-hydrogen) atoms. The van der Waals surface area contributed by atoms with Crippen LogP contribution in [0, 0.1) is 6.92 Å². The lowest BCUT2D eigenvalue weighted by Gasteiger charge is -2.21. The molecule has 1 aromatic heterocycles. The van der Waals surface area contributed by atoms with Gasteiger partial charge in [0.2, 0.25) is 5.91 Å². The quantitative estimate of drug-likeness (QED) is 0.811. The van der Waals surface area contributed by atoms with E-state index in [-0.39, 0.29) is 5.91 Å². The van der Waals surface area contributed by atoms with Crippen molar-refractivity contribution in [2.75, 3.05) is 13.1 Å². The topological polar surface area (TPSA) is 46.3 Å². The Labute approximate surface area is 119 Å². The second-order valence-electron chi connectivity index (χ2n) is 5.09. The summed E-state index contributed by atoms with van der Waals surface area (Å²) in [5.41, 5.74) is 2.58. The van der Waals surface area contributed by atoms with Crippen LogP contribution in [-0.4, -0.2) is 28.9 Å². The van der Waals surface area contributed by atoms with Crippen molar-refractivity contribution in [1.29, 1.82) is 0 Å². The number of hydrogen-bond acceptors (Lipinski definition) is 3. The standard InChI is InChI=1S/C16H22N2O2/c1-4-8-18(9-5-2)16(19)11-13-6-7-14-15(10-13)20-12(3)17-14/h6-7,10H,4-5,8-9,11H2,1-3H3. The summed E-state index contributed by atoms with van der Waals surface area (Å²) >= 11 is 0. The summed E-state index contributed by atoms with van der Waals surface area (Å²) in [6, 6.07) is 5.79. The van der Waals surface area contributed by atoms with E-state index in [1.807, 2.05) is 30.0 Å². The van der Waals surface area contributed by atoms with Crippen LogP contribution in [0.3, 0.4) is 0 Å².